The van der Waals surface area contributed by atoms with Crippen LogP contribution in [-0.4, -0.2) is 17.0 Å². The molecule has 4 rings (SSSR count). The molecule has 0 unspecified atom stereocenters. The summed E-state index contributed by atoms with van der Waals surface area (Å²) in [6, 6.07) is 18.5. The van der Waals surface area contributed by atoms with Crippen LogP contribution in [0.3, 0.4) is 0 Å². The number of rotatable bonds is 2. The van der Waals surface area contributed by atoms with E-state index in [4.69, 9.17) is 4.84 Å². The molecule has 130 valence electrons. The second kappa shape index (κ2) is 5.60. The van der Waals surface area contributed by atoms with E-state index >= 15 is 0 Å². The molecule has 2 saturated heterocycles. The molecule has 4 nitrogen and oxygen atoms in total. The van der Waals surface area contributed by atoms with E-state index in [1.54, 1.807) is 0 Å². The summed E-state index contributed by atoms with van der Waals surface area (Å²) in [4.78, 5) is 19.1. The molecule has 0 saturated carbocycles. The van der Waals surface area contributed by atoms with Gasteiger partial charge in [0.15, 0.2) is 5.60 Å². The second-order valence-corrected chi connectivity index (χ2v) is 7.89. The van der Waals surface area contributed by atoms with Gasteiger partial charge in [-0.1, -0.05) is 48.0 Å². The number of para-hydroxylation sites is 1. The van der Waals surface area contributed by atoms with Gasteiger partial charge < -0.3 is 5.32 Å². The molecule has 0 bridgehead atoms. The molecule has 2 aromatic carbocycles. The van der Waals surface area contributed by atoms with Crippen LogP contribution in [0, 0.1) is 6.92 Å². The fourth-order valence-corrected chi connectivity index (χ4v) is 4.03. The molecule has 2 heterocycles. The first-order valence-electron chi connectivity index (χ1n) is 8.81. The van der Waals surface area contributed by atoms with Gasteiger partial charge in [-0.05, 0) is 38.5 Å². The van der Waals surface area contributed by atoms with Crippen LogP contribution < -0.4 is 10.4 Å². The maximum absolute atomic E-state index is 12.8. The number of hydroxylamine groups is 1. The Morgan fingerprint density at radius 3 is 2.36 bits per heavy atom. The molecule has 25 heavy (non-hydrogen) atoms. The maximum atomic E-state index is 12.8. The maximum Gasteiger partial charge on any atom is 0.255 e. The monoisotopic (exact) mass is 336 g/mol. The molecular weight excluding hydrogens is 312 g/mol. The fourth-order valence-electron chi connectivity index (χ4n) is 4.03. The third-order valence-corrected chi connectivity index (χ3v) is 5.15. The summed E-state index contributed by atoms with van der Waals surface area (Å²) < 4.78 is 0. The van der Waals surface area contributed by atoms with Gasteiger partial charge in [0.1, 0.15) is 0 Å². The molecule has 2 aromatic rings. The van der Waals surface area contributed by atoms with Crippen LogP contribution in [0.4, 0.5) is 5.69 Å². The van der Waals surface area contributed by atoms with Gasteiger partial charge in [-0.3, -0.25) is 9.63 Å². The van der Waals surface area contributed by atoms with E-state index in [0.717, 1.165) is 5.69 Å². The molecule has 2 aliphatic heterocycles. The summed E-state index contributed by atoms with van der Waals surface area (Å²) in [5.41, 5.74) is 2.32. The van der Waals surface area contributed by atoms with Gasteiger partial charge in [0, 0.05) is 18.4 Å². The summed E-state index contributed by atoms with van der Waals surface area (Å²) in [7, 11) is 0. The zero-order chi connectivity index (χ0) is 17.7. The van der Waals surface area contributed by atoms with Crippen LogP contribution in [0.2, 0.25) is 0 Å². The summed E-state index contributed by atoms with van der Waals surface area (Å²) in [6.45, 7) is 6.18. The average Bonchev–Trinajstić information content (AvgIpc) is 3.06. The Kier molecular flexibility index (Phi) is 3.62. The van der Waals surface area contributed by atoms with E-state index in [0.29, 0.717) is 12.8 Å². The Hall–Kier alpha value is -2.33. The van der Waals surface area contributed by atoms with E-state index in [-0.39, 0.29) is 17.5 Å². The van der Waals surface area contributed by atoms with Crippen molar-refractivity contribution in [3.05, 3.63) is 65.7 Å². The highest BCUT2D eigenvalue weighted by atomic mass is 16.7. The Labute approximate surface area is 148 Å². The van der Waals surface area contributed by atoms with Crippen molar-refractivity contribution in [2.24, 2.45) is 0 Å². The number of carbonyl (C=O) groups is 1. The van der Waals surface area contributed by atoms with Crippen molar-refractivity contribution in [1.29, 1.82) is 0 Å². The molecule has 2 atom stereocenters. The number of amides is 1. The van der Waals surface area contributed by atoms with Crippen molar-refractivity contribution in [3.8, 4) is 0 Å². The van der Waals surface area contributed by atoms with Gasteiger partial charge in [-0.2, -0.15) is 0 Å². The molecular formula is C21H24N2O2. The number of carbonyl (C=O) groups excluding carboxylic acids is 1. The van der Waals surface area contributed by atoms with Crippen molar-refractivity contribution in [3.63, 3.8) is 0 Å². The summed E-state index contributed by atoms with van der Waals surface area (Å²) in [5.74, 6) is -0.00644. The lowest BCUT2D eigenvalue weighted by atomic mass is 9.86. The van der Waals surface area contributed by atoms with Gasteiger partial charge >= 0.3 is 0 Å². The highest BCUT2D eigenvalue weighted by Gasteiger charge is 2.58. The molecule has 1 amide bonds. The second-order valence-electron chi connectivity index (χ2n) is 7.89. The molecule has 0 radical (unpaired) electrons. The lowest BCUT2D eigenvalue weighted by Crippen LogP contribution is -2.39. The molecule has 0 aromatic heterocycles. The Bertz CT molecular complexity index is 785. The first-order valence-corrected chi connectivity index (χ1v) is 8.81. The largest absolute Gasteiger partial charge is 0.348 e. The van der Waals surface area contributed by atoms with Crippen molar-refractivity contribution in [1.82, 2.24) is 5.32 Å². The van der Waals surface area contributed by atoms with Crippen molar-refractivity contribution in [2.75, 3.05) is 5.06 Å². The lowest BCUT2D eigenvalue weighted by Gasteiger charge is -2.26. The minimum absolute atomic E-state index is 0.00644. The number of hydrogen-bond donors (Lipinski definition) is 1. The number of nitrogens with zero attached hydrogens (tertiary/aromatic N) is 1. The van der Waals surface area contributed by atoms with Gasteiger partial charge in [0.05, 0.1) is 11.7 Å². The fraction of sp³-hybridized carbons (Fsp3) is 0.381. The number of nitrogens with one attached hydrogen (secondary N) is 1. The van der Waals surface area contributed by atoms with Crippen LogP contribution >= 0.6 is 0 Å². The number of benzene rings is 2. The van der Waals surface area contributed by atoms with Gasteiger partial charge in [-0.15, -0.1) is 0 Å². The van der Waals surface area contributed by atoms with E-state index < -0.39 is 5.60 Å². The first-order chi connectivity index (χ1) is 11.9. The van der Waals surface area contributed by atoms with E-state index in [9.17, 15) is 4.79 Å². The summed E-state index contributed by atoms with van der Waals surface area (Å²) >= 11 is 0. The van der Waals surface area contributed by atoms with Crippen LogP contribution in [0.1, 0.15) is 43.9 Å². The highest BCUT2D eigenvalue weighted by Crippen LogP contribution is 2.48. The standard InChI is InChI=1S/C21H24N2O2/c1-15-9-11-16(12-10-15)18-13-21(14-20(2,3)22-19(21)24)25-23(18)17-7-5-4-6-8-17/h4-12,18H,13-14H2,1-3H3,(H,22,24)/t18-,21+/m1/s1. The molecule has 0 aliphatic carbocycles. The van der Waals surface area contributed by atoms with Gasteiger partial charge in [0.2, 0.25) is 0 Å². The Morgan fingerprint density at radius 2 is 1.76 bits per heavy atom. The first kappa shape index (κ1) is 16.2. The molecule has 4 heteroatoms. The summed E-state index contributed by atoms with van der Waals surface area (Å²) in [6.07, 6.45) is 1.32. The molecule has 1 N–H and O–H groups in total. The SMILES string of the molecule is Cc1ccc([C@H]2C[C@@]3(CC(C)(C)NC3=O)ON2c2ccccc2)cc1. The minimum Gasteiger partial charge on any atom is -0.348 e. The third-order valence-electron chi connectivity index (χ3n) is 5.15. The highest BCUT2D eigenvalue weighted by molar-refractivity contribution is 5.89. The van der Waals surface area contributed by atoms with Gasteiger partial charge in [0.25, 0.3) is 5.91 Å². The quantitative estimate of drug-likeness (QED) is 0.904. The smallest absolute Gasteiger partial charge is 0.255 e. The van der Waals surface area contributed by atoms with E-state index in [1.165, 1.54) is 11.1 Å². The van der Waals surface area contributed by atoms with Crippen LogP contribution in [-0.2, 0) is 9.63 Å². The minimum atomic E-state index is -0.797. The van der Waals surface area contributed by atoms with E-state index in [2.05, 4.69) is 50.4 Å². The molecule has 2 fully saturated rings. The third kappa shape index (κ3) is 2.81. The topological polar surface area (TPSA) is 41.6 Å². The normalized spacial score (nSPS) is 27.7. The van der Waals surface area contributed by atoms with Gasteiger partial charge in [-0.25, -0.2) is 5.06 Å². The predicted octanol–water partition coefficient (Wildman–Crippen LogP) is 3.92. The van der Waals surface area contributed by atoms with E-state index in [1.807, 2.05) is 35.4 Å². The van der Waals surface area contributed by atoms with Crippen LogP contribution in [0.15, 0.2) is 54.6 Å². The van der Waals surface area contributed by atoms with Crippen LogP contribution in [0.25, 0.3) is 0 Å². The lowest BCUT2D eigenvalue weighted by molar-refractivity contribution is -0.137. The Balaban J connectivity index is 1.75. The van der Waals surface area contributed by atoms with Crippen molar-refractivity contribution >= 4 is 11.6 Å². The zero-order valence-corrected chi connectivity index (χ0v) is 15.0. The molecule has 1 spiro atoms. The van der Waals surface area contributed by atoms with Crippen molar-refractivity contribution in [2.45, 2.75) is 50.8 Å². The number of anilines is 1. The predicted molar refractivity (Wildman–Crippen MR) is 98.1 cm³/mol. The Morgan fingerprint density at radius 1 is 1.08 bits per heavy atom. The molecule has 2 aliphatic rings. The number of aryl methyl sites for hydroxylation is 1. The number of hydrogen-bond acceptors (Lipinski definition) is 3. The zero-order valence-electron chi connectivity index (χ0n) is 15.0. The average molecular weight is 336 g/mol. The van der Waals surface area contributed by atoms with Crippen molar-refractivity contribution < 1.29 is 9.63 Å². The summed E-state index contributed by atoms with van der Waals surface area (Å²) in [5, 5.41) is 5.01. The van der Waals surface area contributed by atoms with Crippen LogP contribution in [0.5, 0.6) is 0 Å².